The van der Waals surface area contributed by atoms with E-state index >= 15 is 0 Å². The van der Waals surface area contributed by atoms with Gasteiger partial charge in [-0.3, -0.25) is 43.4 Å². The molecule has 2 aliphatic rings. The maximum absolute atomic E-state index is 14.4. The maximum Gasteiger partial charge on any atom is 0.410 e. The molecule has 0 bridgehead atoms. The monoisotopic (exact) mass is 1150 g/mol. The Morgan fingerprint density at radius 1 is 0.651 bits per heavy atom. The molecule has 5 rings (SSSR count). The first-order chi connectivity index (χ1) is 39.1. The first kappa shape index (κ1) is 66.4. The number of rotatable bonds is 27. The summed E-state index contributed by atoms with van der Waals surface area (Å²) >= 11 is 0. The lowest BCUT2D eigenvalue weighted by molar-refractivity contribution is -0.154. The molecule has 454 valence electrons. The van der Waals surface area contributed by atoms with Gasteiger partial charge in [0.2, 0.25) is 41.4 Å². The van der Waals surface area contributed by atoms with Gasteiger partial charge in [-0.1, -0.05) is 120 Å². The predicted molar refractivity (Wildman–Crippen MR) is 314 cm³/mol. The summed E-state index contributed by atoms with van der Waals surface area (Å²) in [6.45, 7) is 15.4. The summed E-state index contributed by atoms with van der Waals surface area (Å²) < 4.78 is 5.79. The van der Waals surface area contributed by atoms with Crippen molar-refractivity contribution in [1.82, 2.24) is 45.3 Å². The third-order valence-corrected chi connectivity index (χ3v) is 16.1. The molecule has 0 saturated carbocycles. The van der Waals surface area contributed by atoms with E-state index < -0.39 is 120 Å². The average Bonchev–Trinajstić information content (AvgIpc) is 2.87. The standard InChI is InChI=1S/C62H89N9O12/c1-36(2)31-48(64-55(74)41(9)68(12)62(82)83-35-47-45-27-20-18-25-43(45)44-26-19-21-28-46(44)47)58(77)66(10)34-52(72)67(11)40(8)54(73)65-49(32-37(3)4)59(78)69(13)51(33-42-23-16-15-17-24-42)56(75)63-39(7)57(76)70(14)53(38(5)6)60(79)71-30-22-29-50(71)61(80)81/h15-21,23-28,36-41,47-51,53,59,78H,22,29-35H2,1-14H3,(H,63,75)(H,64,74)(H,65,73)(H,80,81)/t39-,40-,41-,48-,49-,50?,51-,53-,59?/m0/s1. The predicted octanol–water partition coefficient (Wildman–Crippen LogP) is 4.55. The fourth-order valence-electron chi connectivity index (χ4n) is 11.0. The van der Waals surface area contributed by atoms with Crippen LogP contribution in [-0.2, 0) is 49.5 Å². The Morgan fingerprint density at radius 3 is 1.75 bits per heavy atom. The Bertz CT molecular complexity index is 2730. The van der Waals surface area contributed by atoms with Crippen molar-refractivity contribution in [2.45, 2.75) is 155 Å². The number of aliphatic hydroxyl groups is 1. The van der Waals surface area contributed by atoms with E-state index in [2.05, 4.69) is 16.0 Å². The number of nitrogens with one attached hydrogen (secondary N) is 3. The first-order valence-corrected chi connectivity index (χ1v) is 28.8. The summed E-state index contributed by atoms with van der Waals surface area (Å²) in [6.07, 6.45) is -0.840. The van der Waals surface area contributed by atoms with Crippen LogP contribution >= 0.6 is 0 Å². The van der Waals surface area contributed by atoms with Crippen LogP contribution in [0.4, 0.5) is 4.79 Å². The number of aliphatic hydroxyl groups excluding tert-OH is 1. The third-order valence-electron chi connectivity index (χ3n) is 16.1. The molecule has 0 spiro atoms. The fourth-order valence-corrected chi connectivity index (χ4v) is 11.0. The van der Waals surface area contributed by atoms with Gasteiger partial charge in [0.05, 0.1) is 18.6 Å². The SMILES string of the molecule is CC(C)C[C@H](NC(=O)[C@H](C)N(C)C(=O)OCC1c2ccccc2-c2ccccc21)C(=O)N(C)CC(=O)N(C)[C@@H](C)C(=O)N[C@@H](CC(C)C)C(O)N(C)[C@@H](Cc1ccccc1)C(=O)N[C@@H](C)C(=O)N(C)[C@H](C(=O)N1CCCC1C(=O)O)C(C)C. The molecule has 83 heavy (non-hydrogen) atoms. The summed E-state index contributed by atoms with van der Waals surface area (Å²) in [7, 11) is 7.27. The number of ether oxygens (including phenoxy) is 1. The van der Waals surface area contributed by atoms with E-state index in [-0.39, 0.29) is 50.2 Å². The van der Waals surface area contributed by atoms with Crippen LogP contribution in [0.2, 0.25) is 0 Å². The highest BCUT2D eigenvalue weighted by atomic mass is 16.6. The molecule has 21 nitrogen and oxygen atoms in total. The molecule has 3 aromatic rings. The van der Waals surface area contributed by atoms with Crippen LogP contribution in [0, 0.1) is 17.8 Å². The largest absolute Gasteiger partial charge is 0.480 e. The molecule has 1 aliphatic heterocycles. The van der Waals surface area contributed by atoms with E-state index in [0.29, 0.717) is 12.8 Å². The Morgan fingerprint density at radius 2 is 1.19 bits per heavy atom. The number of carbonyl (C=O) groups excluding carboxylic acids is 8. The number of hydrogen-bond acceptors (Lipinski definition) is 12. The molecule has 1 saturated heterocycles. The Balaban J connectivity index is 1.21. The summed E-state index contributed by atoms with van der Waals surface area (Å²) in [6, 6.07) is 16.5. The summed E-state index contributed by atoms with van der Waals surface area (Å²) in [5.41, 5.74) is 4.97. The van der Waals surface area contributed by atoms with Gasteiger partial charge in [0, 0.05) is 40.7 Å². The molecule has 9 atom stereocenters. The molecule has 21 heteroatoms. The van der Waals surface area contributed by atoms with Crippen LogP contribution in [0.5, 0.6) is 0 Å². The molecule has 5 N–H and O–H groups in total. The van der Waals surface area contributed by atoms with E-state index in [0.717, 1.165) is 27.8 Å². The van der Waals surface area contributed by atoms with Gasteiger partial charge in [-0.2, -0.15) is 0 Å². The van der Waals surface area contributed by atoms with Crippen molar-refractivity contribution in [2.75, 3.05) is 54.9 Å². The number of amides is 8. The second-order valence-electron chi connectivity index (χ2n) is 23.6. The van der Waals surface area contributed by atoms with Gasteiger partial charge in [0.1, 0.15) is 49.1 Å². The number of carboxylic acids is 1. The zero-order valence-electron chi connectivity index (χ0n) is 50.8. The molecule has 2 unspecified atom stereocenters. The Hall–Kier alpha value is -7.39. The zero-order chi connectivity index (χ0) is 61.7. The first-order valence-electron chi connectivity index (χ1n) is 28.8. The van der Waals surface area contributed by atoms with Gasteiger partial charge in [-0.15, -0.1) is 0 Å². The van der Waals surface area contributed by atoms with Crippen molar-refractivity contribution in [1.29, 1.82) is 0 Å². The minimum atomic E-state index is -1.48. The van der Waals surface area contributed by atoms with Crippen molar-refractivity contribution in [2.24, 2.45) is 17.8 Å². The lowest BCUT2D eigenvalue weighted by Gasteiger charge is -2.38. The molecule has 0 aromatic heterocycles. The van der Waals surface area contributed by atoms with Crippen molar-refractivity contribution in [3.8, 4) is 11.1 Å². The number of carbonyl (C=O) groups is 9. The van der Waals surface area contributed by atoms with E-state index in [9.17, 15) is 53.4 Å². The van der Waals surface area contributed by atoms with Crippen LogP contribution in [0.3, 0.4) is 0 Å². The lowest BCUT2D eigenvalue weighted by Crippen LogP contribution is -2.61. The van der Waals surface area contributed by atoms with E-state index in [4.69, 9.17) is 4.74 Å². The molecular formula is C62H89N9O12. The molecule has 0 radical (unpaired) electrons. The maximum atomic E-state index is 14.4. The number of benzene rings is 3. The molecule has 3 aromatic carbocycles. The van der Waals surface area contributed by atoms with Crippen molar-refractivity contribution < 1.29 is 58.1 Å². The highest BCUT2D eigenvalue weighted by Crippen LogP contribution is 2.44. The van der Waals surface area contributed by atoms with Gasteiger partial charge < -0.3 is 50.5 Å². The fraction of sp³-hybridized carbons (Fsp3) is 0.565. The van der Waals surface area contributed by atoms with Crippen LogP contribution in [0.25, 0.3) is 11.1 Å². The average molecular weight is 1150 g/mol. The number of carboxylic acid groups (broad SMARTS) is 1. The third kappa shape index (κ3) is 16.7. The van der Waals surface area contributed by atoms with Crippen molar-refractivity contribution in [3.05, 3.63) is 95.6 Å². The van der Waals surface area contributed by atoms with Gasteiger partial charge in [-0.05, 0) is 105 Å². The van der Waals surface area contributed by atoms with Gasteiger partial charge in [-0.25, -0.2) is 9.59 Å². The van der Waals surface area contributed by atoms with E-state index in [1.165, 1.54) is 85.4 Å². The normalized spacial score (nSPS) is 16.8. The van der Waals surface area contributed by atoms with Crippen LogP contribution < -0.4 is 16.0 Å². The minimum Gasteiger partial charge on any atom is -0.480 e. The molecular weight excluding hydrogens is 1060 g/mol. The molecule has 1 aliphatic carbocycles. The smallest absolute Gasteiger partial charge is 0.410 e. The van der Waals surface area contributed by atoms with E-state index in [1.807, 2.05) is 94.4 Å². The van der Waals surface area contributed by atoms with Crippen LogP contribution in [0.15, 0.2) is 78.9 Å². The Labute approximate surface area is 489 Å². The Kier molecular flexibility index (Phi) is 23.8. The summed E-state index contributed by atoms with van der Waals surface area (Å²) in [5.74, 6) is -5.94. The molecule has 8 amide bonds. The highest BCUT2D eigenvalue weighted by molar-refractivity contribution is 5.95. The number of hydrogen-bond donors (Lipinski definition) is 5. The topological polar surface area (TPSA) is 259 Å². The van der Waals surface area contributed by atoms with Gasteiger partial charge in [0.15, 0.2) is 0 Å². The van der Waals surface area contributed by atoms with Crippen LogP contribution in [-0.4, -0.2) is 203 Å². The van der Waals surface area contributed by atoms with Crippen molar-refractivity contribution in [3.63, 3.8) is 0 Å². The van der Waals surface area contributed by atoms with Gasteiger partial charge in [0.25, 0.3) is 0 Å². The summed E-state index contributed by atoms with van der Waals surface area (Å²) in [5, 5.41) is 30.4. The number of aliphatic carboxylic acids is 1. The van der Waals surface area contributed by atoms with E-state index in [1.54, 1.807) is 26.0 Å². The minimum absolute atomic E-state index is 0.0541. The number of likely N-dealkylation sites (tertiary alicyclic amines) is 1. The lowest BCUT2D eigenvalue weighted by atomic mass is 9.98. The number of likely N-dealkylation sites (N-methyl/N-ethyl adjacent to an activating group) is 5. The van der Waals surface area contributed by atoms with Gasteiger partial charge >= 0.3 is 12.1 Å². The second kappa shape index (κ2) is 29.7. The van der Waals surface area contributed by atoms with Crippen LogP contribution in [0.1, 0.15) is 111 Å². The number of nitrogens with zero attached hydrogens (tertiary/aromatic N) is 6. The van der Waals surface area contributed by atoms with Crippen molar-refractivity contribution >= 4 is 53.4 Å². The zero-order valence-corrected chi connectivity index (χ0v) is 50.8. The highest BCUT2D eigenvalue weighted by Gasteiger charge is 2.43. The second-order valence-corrected chi connectivity index (χ2v) is 23.6. The molecule has 1 fully saturated rings. The molecule has 1 heterocycles. The quantitative estimate of drug-likeness (QED) is 0.0658. The number of fused-ring (bicyclic) bond motifs is 3. The summed E-state index contributed by atoms with van der Waals surface area (Å²) in [4.78, 5) is 131.